The van der Waals surface area contributed by atoms with E-state index in [1.54, 1.807) is 0 Å². The number of aromatic nitrogens is 2. The first-order chi connectivity index (χ1) is 28.3. The van der Waals surface area contributed by atoms with Crippen molar-refractivity contribution in [1.82, 2.24) is 8.80 Å². The third kappa shape index (κ3) is 3.84. The van der Waals surface area contributed by atoms with Crippen LogP contribution in [0.1, 0.15) is 0 Å². The maximum absolute atomic E-state index is 2.59. The van der Waals surface area contributed by atoms with E-state index >= 15 is 0 Å². The molecule has 0 aliphatic rings. The maximum atomic E-state index is 2.59. The lowest BCUT2D eigenvalue weighted by Gasteiger charge is -2.13. The number of hydrogen-bond donors (Lipinski definition) is 0. The summed E-state index contributed by atoms with van der Waals surface area (Å²) in [6.45, 7) is 0. The van der Waals surface area contributed by atoms with E-state index in [0.29, 0.717) is 0 Å². The summed E-state index contributed by atoms with van der Waals surface area (Å²) in [5, 5.41) is 13.2. The molecule has 0 unspecified atom stereocenters. The van der Waals surface area contributed by atoms with Crippen LogP contribution in [0.2, 0.25) is 0 Å². The molecule has 0 N–H and O–H groups in total. The zero-order valence-corrected chi connectivity index (χ0v) is 31.4. The molecular weight excluding hydrogens is 709 g/mol. The molecule has 0 fully saturated rings. The molecule has 0 radical (unpaired) electrons. The first-order valence-corrected chi connectivity index (χ1v) is 20.5. The molecular formula is C54H30N2S. The van der Waals surface area contributed by atoms with Gasteiger partial charge in [-0.3, -0.25) is 0 Å². The molecule has 0 amide bonds. The average molecular weight is 739 g/mol. The van der Waals surface area contributed by atoms with Crippen molar-refractivity contribution in [1.29, 1.82) is 0 Å². The van der Waals surface area contributed by atoms with Crippen molar-refractivity contribution in [3.05, 3.63) is 182 Å². The highest BCUT2D eigenvalue weighted by molar-refractivity contribution is 7.26. The second kappa shape index (κ2) is 10.8. The van der Waals surface area contributed by atoms with Crippen LogP contribution in [0.4, 0.5) is 0 Å². The number of benzene rings is 9. The highest BCUT2D eigenvalue weighted by atomic mass is 32.1. The fourth-order valence-electron chi connectivity index (χ4n) is 10.4. The zero-order chi connectivity index (χ0) is 36.9. The quantitative estimate of drug-likeness (QED) is 0.171. The Hall–Kier alpha value is -7.20. The molecule has 262 valence electrons. The maximum Gasteiger partial charge on any atom is 0.0627 e. The van der Waals surface area contributed by atoms with Crippen LogP contribution in [0.15, 0.2) is 182 Å². The summed E-state index contributed by atoms with van der Waals surface area (Å²) in [6.07, 6.45) is 0. The van der Waals surface area contributed by atoms with Crippen molar-refractivity contribution in [3.63, 3.8) is 0 Å². The highest BCUT2D eigenvalue weighted by Gasteiger charge is 2.26. The second-order valence-corrected chi connectivity index (χ2v) is 16.7. The lowest BCUT2D eigenvalue weighted by atomic mass is 9.91. The van der Waals surface area contributed by atoms with E-state index in [4.69, 9.17) is 0 Å². The first-order valence-electron chi connectivity index (χ1n) is 19.7. The van der Waals surface area contributed by atoms with Gasteiger partial charge < -0.3 is 8.80 Å². The van der Waals surface area contributed by atoms with E-state index in [2.05, 4.69) is 191 Å². The molecule has 0 saturated heterocycles. The van der Waals surface area contributed by atoms with Gasteiger partial charge >= 0.3 is 0 Å². The fraction of sp³-hybridized carbons (Fsp3) is 0. The van der Waals surface area contributed by atoms with Gasteiger partial charge in [0.1, 0.15) is 0 Å². The van der Waals surface area contributed by atoms with Crippen molar-refractivity contribution >= 4 is 108 Å². The van der Waals surface area contributed by atoms with E-state index in [1.165, 1.54) is 130 Å². The van der Waals surface area contributed by atoms with Gasteiger partial charge in [0.2, 0.25) is 0 Å². The molecule has 0 aliphatic carbocycles. The lowest BCUT2D eigenvalue weighted by Crippen LogP contribution is -1.87. The van der Waals surface area contributed by atoms with Crippen molar-refractivity contribution in [2.24, 2.45) is 0 Å². The molecule has 14 rings (SSSR count). The number of nitrogens with zero attached hydrogens (tertiary/aromatic N) is 2. The molecule has 3 heteroatoms. The Morgan fingerprint density at radius 3 is 1.68 bits per heavy atom. The summed E-state index contributed by atoms with van der Waals surface area (Å²) in [4.78, 5) is 0. The van der Waals surface area contributed by atoms with Gasteiger partial charge in [0, 0.05) is 63.3 Å². The van der Waals surface area contributed by atoms with E-state index in [0.717, 1.165) is 0 Å². The number of para-hydroxylation sites is 2. The minimum Gasteiger partial charge on any atom is -0.308 e. The molecule has 0 spiro atoms. The standard InChI is InChI=1S/C54H30N2S/c1-3-12-31(13-4-1)33-26-34(32-14-5-2-6-15-32)28-35(27-33)36-22-23-41-51-45(24-25-49-52(51)40-17-8-10-21-48(40)57-49)56-47-29-42-39-19-11-18-38-37-16-7-9-20-44(37)55(53(38)39)46(42)30-43(47)50(36)54(41)56/h1-30H. The average Bonchev–Trinajstić information content (AvgIpc) is 4.07. The van der Waals surface area contributed by atoms with Gasteiger partial charge in [0.25, 0.3) is 0 Å². The van der Waals surface area contributed by atoms with Crippen molar-refractivity contribution in [2.45, 2.75) is 0 Å². The Bertz CT molecular complexity index is 3900. The second-order valence-electron chi connectivity index (χ2n) is 15.6. The normalized spacial score (nSPS) is 12.6. The Balaban J connectivity index is 1.19. The molecule has 0 aliphatic heterocycles. The van der Waals surface area contributed by atoms with Crippen molar-refractivity contribution in [3.8, 4) is 33.4 Å². The van der Waals surface area contributed by atoms with Crippen LogP contribution in [-0.2, 0) is 0 Å². The van der Waals surface area contributed by atoms with Crippen molar-refractivity contribution in [2.75, 3.05) is 0 Å². The predicted octanol–water partition coefficient (Wildman–Crippen LogP) is 15.4. The van der Waals surface area contributed by atoms with E-state index < -0.39 is 0 Å². The summed E-state index contributed by atoms with van der Waals surface area (Å²) >= 11 is 1.90. The van der Waals surface area contributed by atoms with Gasteiger partial charge in [0.15, 0.2) is 0 Å². The van der Waals surface area contributed by atoms with Crippen LogP contribution in [-0.4, -0.2) is 8.80 Å². The minimum atomic E-state index is 1.22. The Kier molecular flexibility index (Phi) is 5.68. The predicted molar refractivity (Wildman–Crippen MR) is 245 cm³/mol. The fourth-order valence-corrected chi connectivity index (χ4v) is 11.5. The van der Waals surface area contributed by atoms with Crippen LogP contribution >= 0.6 is 11.3 Å². The topological polar surface area (TPSA) is 8.82 Å². The summed E-state index contributed by atoms with van der Waals surface area (Å²) in [6, 6.07) is 68.0. The largest absolute Gasteiger partial charge is 0.308 e. The summed E-state index contributed by atoms with van der Waals surface area (Å²) < 4.78 is 7.78. The lowest BCUT2D eigenvalue weighted by molar-refractivity contribution is 1.36. The van der Waals surface area contributed by atoms with Gasteiger partial charge in [-0.25, -0.2) is 0 Å². The smallest absolute Gasteiger partial charge is 0.0627 e. The SMILES string of the molecule is c1ccc(-c2cc(-c3ccccc3)cc(-c3ccc4c5c6c(ccc5n5c7cc8c9cccc%10c%11ccccc%11n(c8cc7c3c45)c%109)sc3ccccc36)c2)cc1. The number of hydrogen-bond acceptors (Lipinski definition) is 1. The van der Waals surface area contributed by atoms with Crippen molar-refractivity contribution < 1.29 is 0 Å². The van der Waals surface area contributed by atoms with Gasteiger partial charge in [-0.2, -0.15) is 0 Å². The van der Waals surface area contributed by atoms with Crippen LogP contribution in [0.5, 0.6) is 0 Å². The van der Waals surface area contributed by atoms with E-state index in [9.17, 15) is 0 Å². The molecule has 5 heterocycles. The third-order valence-electron chi connectivity index (χ3n) is 12.7. The highest BCUT2D eigenvalue weighted by Crippen LogP contribution is 2.50. The monoisotopic (exact) mass is 738 g/mol. The zero-order valence-electron chi connectivity index (χ0n) is 30.6. The molecule has 5 aromatic heterocycles. The Morgan fingerprint density at radius 1 is 0.281 bits per heavy atom. The number of thiophene rings is 1. The number of fused-ring (bicyclic) bond motifs is 16. The molecule has 0 bridgehead atoms. The molecule has 9 aromatic carbocycles. The molecule has 0 atom stereocenters. The molecule has 14 aromatic rings. The Labute approximate surface area is 330 Å². The van der Waals surface area contributed by atoms with E-state index in [1.807, 2.05) is 11.3 Å². The minimum absolute atomic E-state index is 1.22. The van der Waals surface area contributed by atoms with Gasteiger partial charge in [-0.15, -0.1) is 11.3 Å². The molecule has 0 saturated carbocycles. The first kappa shape index (κ1) is 30.1. The van der Waals surface area contributed by atoms with Gasteiger partial charge in [-0.1, -0.05) is 127 Å². The summed E-state index contributed by atoms with van der Waals surface area (Å²) in [5.41, 5.74) is 15.0. The third-order valence-corrected chi connectivity index (χ3v) is 13.9. The van der Waals surface area contributed by atoms with Gasteiger partial charge in [-0.05, 0) is 88.0 Å². The summed E-state index contributed by atoms with van der Waals surface area (Å²) in [5.74, 6) is 0. The molecule has 2 nitrogen and oxygen atoms in total. The van der Waals surface area contributed by atoms with Crippen LogP contribution in [0.25, 0.3) is 130 Å². The summed E-state index contributed by atoms with van der Waals surface area (Å²) in [7, 11) is 0. The molecule has 57 heavy (non-hydrogen) atoms. The van der Waals surface area contributed by atoms with Crippen LogP contribution in [0.3, 0.4) is 0 Å². The van der Waals surface area contributed by atoms with Gasteiger partial charge in [0.05, 0.1) is 33.1 Å². The van der Waals surface area contributed by atoms with Crippen LogP contribution in [0, 0.1) is 0 Å². The van der Waals surface area contributed by atoms with E-state index in [-0.39, 0.29) is 0 Å². The Morgan fingerprint density at radius 2 is 0.895 bits per heavy atom. The van der Waals surface area contributed by atoms with Crippen LogP contribution < -0.4 is 0 Å². The number of rotatable bonds is 3.